The van der Waals surface area contributed by atoms with Crippen LogP contribution in [0, 0.1) is 23.7 Å². The van der Waals surface area contributed by atoms with Crippen LogP contribution in [0.25, 0.3) is 5.57 Å². The highest BCUT2D eigenvalue weighted by Crippen LogP contribution is 2.43. The predicted molar refractivity (Wildman–Crippen MR) is 147 cm³/mol. The summed E-state index contributed by atoms with van der Waals surface area (Å²) in [4.78, 5) is 0. The fourth-order valence-electron chi connectivity index (χ4n) is 6.27. The van der Waals surface area contributed by atoms with Gasteiger partial charge in [-0.25, -0.2) is 0 Å². The van der Waals surface area contributed by atoms with Gasteiger partial charge in [0, 0.05) is 0 Å². The maximum atomic E-state index is 4.53. The fourth-order valence-corrected chi connectivity index (χ4v) is 6.27. The van der Waals surface area contributed by atoms with Gasteiger partial charge < -0.3 is 0 Å². The quantitative estimate of drug-likeness (QED) is 0.171. The average Bonchev–Trinajstić information content (AvgIpc) is 2.86. The standard InChI is InChI=1S/C33H48/c1-6-25(3)10-8-9-11-26(4)30-16-14-29(15-17-30)24-27(5)31-20-22-33(23-21-31)32-18-12-28(7-2)13-19-32/h6,14-17,28,31-33H,1,3-5,7-13,18-24H2,2H3. The van der Waals surface area contributed by atoms with Crippen molar-refractivity contribution in [2.45, 2.75) is 96.8 Å². The first-order chi connectivity index (χ1) is 16.0. The largest absolute Gasteiger partial charge is 0.0992 e. The molecule has 0 bridgehead atoms. The van der Waals surface area contributed by atoms with Crippen LogP contribution in [0.5, 0.6) is 0 Å². The first kappa shape index (κ1) is 25.8. The third-order valence-corrected chi connectivity index (χ3v) is 8.79. The summed E-state index contributed by atoms with van der Waals surface area (Å²) in [5.74, 6) is 3.76. The van der Waals surface area contributed by atoms with Gasteiger partial charge in [-0.3, -0.25) is 0 Å². The summed E-state index contributed by atoms with van der Waals surface area (Å²) >= 11 is 0. The van der Waals surface area contributed by atoms with Crippen LogP contribution < -0.4 is 0 Å². The number of benzene rings is 1. The molecular weight excluding hydrogens is 396 g/mol. The molecule has 1 aromatic carbocycles. The molecule has 2 fully saturated rings. The molecule has 2 aliphatic carbocycles. The van der Waals surface area contributed by atoms with E-state index in [4.69, 9.17) is 0 Å². The lowest BCUT2D eigenvalue weighted by Gasteiger charge is -2.38. The van der Waals surface area contributed by atoms with Crippen molar-refractivity contribution in [1.29, 1.82) is 0 Å². The number of hydrogen-bond donors (Lipinski definition) is 0. The molecule has 0 heterocycles. The minimum Gasteiger partial charge on any atom is -0.0992 e. The molecule has 0 aromatic heterocycles. The zero-order valence-corrected chi connectivity index (χ0v) is 21.4. The summed E-state index contributed by atoms with van der Waals surface area (Å²) in [5.41, 5.74) is 6.52. The van der Waals surface area contributed by atoms with Gasteiger partial charge in [0.15, 0.2) is 0 Å². The molecule has 2 aliphatic rings. The van der Waals surface area contributed by atoms with Gasteiger partial charge in [0.2, 0.25) is 0 Å². The van der Waals surface area contributed by atoms with Gasteiger partial charge in [-0.2, -0.15) is 0 Å². The Morgan fingerprint density at radius 2 is 1.39 bits per heavy atom. The maximum absolute atomic E-state index is 4.53. The lowest BCUT2D eigenvalue weighted by Crippen LogP contribution is -2.26. The predicted octanol–water partition coefficient (Wildman–Crippen LogP) is 10.1. The molecule has 33 heavy (non-hydrogen) atoms. The lowest BCUT2D eigenvalue weighted by atomic mass is 9.68. The van der Waals surface area contributed by atoms with Gasteiger partial charge in [-0.05, 0) is 111 Å². The number of allylic oxidation sites excluding steroid dienone is 4. The minimum atomic E-state index is 0.730. The van der Waals surface area contributed by atoms with Gasteiger partial charge in [0.05, 0.1) is 0 Å². The second-order valence-electron chi connectivity index (χ2n) is 11.0. The zero-order valence-electron chi connectivity index (χ0n) is 21.4. The monoisotopic (exact) mass is 444 g/mol. The summed E-state index contributed by atoms with van der Waals surface area (Å²) in [7, 11) is 0. The van der Waals surface area contributed by atoms with Crippen LogP contribution in [0.1, 0.15) is 102 Å². The number of hydrogen-bond acceptors (Lipinski definition) is 0. The van der Waals surface area contributed by atoms with E-state index in [1.165, 1.54) is 80.1 Å². The van der Waals surface area contributed by atoms with Crippen LogP contribution in [0.2, 0.25) is 0 Å². The average molecular weight is 445 g/mol. The van der Waals surface area contributed by atoms with E-state index in [1.807, 2.05) is 6.08 Å². The summed E-state index contributed by atoms with van der Waals surface area (Å²) in [6.45, 7) is 19.0. The molecule has 0 aliphatic heterocycles. The van der Waals surface area contributed by atoms with Gasteiger partial charge >= 0.3 is 0 Å². The van der Waals surface area contributed by atoms with E-state index in [-0.39, 0.29) is 0 Å². The highest BCUT2D eigenvalue weighted by atomic mass is 14.4. The molecule has 0 unspecified atom stereocenters. The van der Waals surface area contributed by atoms with E-state index in [1.54, 1.807) is 0 Å². The maximum Gasteiger partial charge on any atom is -0.00670 e. The number of rotatable bonds is 12. The summed E-state index contributed by atoms with van der Waals surface area (Å²) < 4.78 is 0. The normalized spacial score (nSPS) is 25.4. The zero-order chi connectivity index (χ0) is 23.6. The van der Waals surface area contributed by atoms with Crippen molar-refractivity contribution in [3.05, 3.63) is 78.9 Å². The molecule has 0 atom stereocenters. The van der Waals surface area contributed by atoms with Gasteiger partial charge in [0.25, 0.3) is 0 Å². The summed E-state index contributed by atoms with van der Waals surface area (Å²) in [6.07, 6.45) is 20.3. The van der Waals surface area contributed by atoms with Crippen molar-refractivity contribution in [2.75, 3.05) is 0 Å². The van der Waals surface area contributed by atoms with E-state index >= 15 is 0 Å². The van der Waals surface area contributed by atoms with Crippen molar-refractivity contribution >= 4 is 5.57 Å². The second-order valence-corrected chi connectivity index (χ2v) is 11.0. The Morgan fingerprint density at radius 1 is 0.818 bits per heavy atom. The molecule has 2 saturated carbocycles. The Labute approximate surface area is 205 Å². The topological polar surface area (TPSA) is 0 Å². The second kappa shape index (κ2) is 13.2. The molecule has 0 spiro atoms. The third kappa shape index (κ3) is 7.87. The Hall–Kier alpha value is -1.82. The molecule has 0 amide bonds. The summed E-state index contributed by atoms with van der Waals surface area (Å²) in [5, 5.41) is 0. The van der Waals surface area contributed by atoms with E-state index in [0.29, 0.717) is 0 Å². The van der Waals surface area contributed by atoms with Crippen LogP contribution in [0.3, 0.4) is 0 Å². The molecule has 0 heteroatoms. The Kier molecular flexibility index (Phi) is 10.3. The first-order valence-electron chi connectivity index (χ1n) is 13.7. The molecule has 0 saturated heterocycles. The highest BCUT2D eigenvalue weighted by molar-refractivity contribution is 5.63. The molecule has 3 rings (SSSR count). The molecule has 1 aromatic rings. The smallest absolute Gasteiger partial charge is 0.00670 e. The SMILES string of the molecule is C=CC(=C)CCCCC(=C)c1ccc(CC(=C)C2CCC(C3CCC(CC)CC3)CC2)cc1. The highest BCUT2D eigenvalue weighted by Gasteiger charge is 2.31. The molecular formula is C33H48. The number of unbranched alkanes of at least 4 members (excludes halogenated alkanes) is 1. The van der Waals surface area contributed by atoms with Gasteiger partial charge in [0.1, 0.15) is 0 Å². The van der Waals surface area contributed by atoms with E-state index in [9.17, 15) is 0 Å². The third-order valence-electron chi connectivity index (χ3n) is 8.79. The molecule has 0 N–H and O–H groups in total. The van der Waals surface area contributed by atoms with Gasteiger partial charge in [-0.15, -0.1) is 0 Å². The Bertz CT molecular complexity index is 776. The van der Waals surface area contributed by atoms with Crippen molar-refractivity contribution in [2.24, 2.45) is 23.7 Å². The lowest BCUT2D eigenvalue weighted by molar-refractivity contribution is 0.152. The van der Waals surface area contributed by atoms with Crippen molar-refractivity contribution in [1.82, 2.24) is 0 Å². The van der Waals surface area contributed by atoms with Crippen molar-refractivity contribution in [3.63, 3.8) is 0 Å². The van der Waals surface area contributed by atoms with Crippen LogP contribution >= 0.6 is 0 Å². The van der Waals surface area contributed by atoms with Gasteiger partial charge in [-0.1, -0.05) is 94.0 Å². The van der Waals surface area contributed by atoms with Crippen molar-refractivity contribution < 1.29 is 0 Å². The fraction of sp³-hybridized carbons (Fsp3) is 0.576. The van der Waals surface area contributed by atoms with Crippen LogP contribution in [-0.4, -0.2) is 0 Å². The molecule has 0 radical (unpaired) electrons. The van der Waals surface area contributed by atoms with Crippen LogP contribution in [0.4, 0.5) is 0 Å². The van der Waals surface area contributed by atoms with Crippen molar-refractivity contribution in [3.8, 4) is 0 Å². The molecule has 180 valence electrons. The van der Waals surface area contributed by atoms with Crippen LogP contribution in [-0.2, 0) is 6.42 Å². The van der Waals surface area contributed by atoms with E-state index in [2.05, 4.69) is 57.5 Å². The van der Waals surface area contributed by atoms with E-state index in [0.717, 1.165) is 61.3 Å². The summed E-state index contributed by atoms with van der Waals surface area (Å²) in [6, 6.07) is 9.11. The Morgan fingerprint density at radius 3 is 1.97 bits per heavy atom. The Balaban J connectivity index is 1.38. The minimum absolute atomic E-state index is 0.730. The first-order valence-corrected chi connectivity index (χ1v) is 13.7. The molecule has 0 nitrogen and oxygen atoms in total. The van der Waals surface area contributed by atoms with Crippen LogP contribution in [0.15, 0.2) is 67.8 Å². The van der Waals surface area contributed by atoms with E-state index < -0.39 is 0 Å².